The number of hydrogen-bond donors (Lipinski definition) is 3. The van der Waals surface area contributed by atoms with Crippen LogP contribution in [0.25, 0.3) is 11.3 Å². The molecule has 14 heteroatoms. The number of hydrogen-bond acceptors (Lipinski definition) is 8. The van der Waals surface area contributed by atoms with E-state index >= 15 is 0 Å². The Balaban J connectivity index is 1.44. The molecule has 5 atom stereocenters. The van der Waals surface area contributed by atoms with Crippen molar-refractivity contribution in [1.29, 1.82) is 0 Å². The summed E-state index contributed by atoms with van der Waals surface area (Å²) in [5, 5.41) is 39.8. The standard InChI is InChI=1S/C26H26Cl2F2N4O5S/c27-14-4-5-15(25(38)33-6-2-1-3-7-33)20(10-14)40-26-24(37)22(23(36)19(12-35)39-26)34-11-18(31-32-34)13-8-16(29)21(28)17(30)9-13/h4-5,8-11,19,22-24,26,35-37H,1-3,6-7,12H2/t19-,22+,23+,24-,26-/m1/s1. The number of aliphatic hydroxyl groups excluding tert-OH is 3. The summed E-state index contributed by atoms with van der Waals surface area (Å²) in [5.41, 5.74) is -0.555. The first-order chi connectivity index (χ1) is 19.2. The number of rotatable bonds is 6. The number of halogens is 4. The minimum absolute atomic E-state index is 0.0473. The van der Waals surface area contributed by atoms with Crippen molar-refractivity contribution in [2.75, 3.05) is 19.7 Å². The van der Waals surface area contributed by atoms with Crippen molar-refractivity contribution in [3.8, 4) is 11.3 Å². The Hall–Kier alpha value is -2.32. The minimum atomic E-state index is -1.42. The van der Waals surface area contributed by atoms with Crippen LogP contribution >= 0.6 is 35.0 Å². The smallest absolute Gasteiger partial charge is 0.254 e. The predicted molar refractivity (Wildman–Crippen MR) is 144 cm³/mol. The van der Waals surface area contributed by atoms with Crippen molar-refractivity contribution in [1.82, 2.24) is 19.9 Å². The molecule has 3 heterocycles. The molecule has 0 unspecified atom stereocenters. The third kappa shape index (κ3) is 5.85. The predicted octanol–water partition coefficient (Wildman–Crippen LogP) is 3.93. The Labute approximate surface area is 242 Å². The van der Waals surface area contributed by atoms with Gasteiger partial charge in [0.15, 0.2) is 0 Å². The van der Waals surface area contributed by atoms with Gasteiger partial charge in [-0.25, -0.2) is 13.5 Å². The van der Waals surface area contributed by atoms with E-state index in [-0.39, 0.29) is 17.2 Å². The molecule has 214 valence electrons. The number of aromatic nitrogens is 3. The van der Waals surface area contributed by atoms with Crippen molar-refractivity contribution in [2.24, 2.45) is 0 Å². The fourth-order valence-corrected chi connectivity index (χ4v) is 6.47. The quantitative estimate of drug-likeness (QED) is 0.357. The molecule has 2 fully saturated rings. The highest BCUT2D eigenvalue weighted by Gasteiger charge is 2.46. The number of nitrogens with zero attached hydrogens (tertiary/aromatic N) is 4. The average Bonchev–Trinajstić information content (AvgIpc) is 3.43. The van der Waals surface area contributed by atoms with Gasteiger partial charge in [-0.15, -0.1) is 5.10 Å². The molecular formula is C26H26Cl2F2N4O5S. The topological polar surface area (TPSA) is 121 Å². The SMILES string of the molecule is O=C(c1ccc(Cl)cc1S[C@H]1O[C@H](CO)[C@H](O)[C@H](n2cc(-c3cc(F)c(Cl)c(F)c3)nn2)[C@H]1O)N1CCCCC1. The molecule has 0 spiro atoms. The number of likely N-dealkylation sites (tertiary alicyclic amines) is 1. The maximum atomic E-state index is 14.0. The molecule has 0 aliphatic carbocycles. The van der Waals surface area contributed by atoms with Gasteiger partial charge in [0, 0.05) is 28.6 Å². The zero-order valence-electron chi connectivity index (χ0n) is 21.0. The van der Waals surface area contributed by atoms with Gasteiger partial charge in [-0.1, -0.05) is 40.2 Å². The van der Waals surface area contributed by atoms with Crippen LogP contribution in [0.2, 0.25) is 10.0 Å². The Bertz CT molecular complexity index is 1370. The van der Waals surface area contributed by atoms with E-state index < -0.39 is 53.1 Å². The van der Waals surface area contributed by atoms with Gasteiger partial charge in [0.2, 0.25) is 0 Å². The van der Waals surface area contributed by atoms with E-state index in [4.69, 9.17) is 27.9 Å². The molecule has 5 rings (SSSR count). The molecule has 9 nitrogen and oxygen atoms in total. The van der Waals surface area contributed by atoms with Crippen LogP contribution in [0, 0.1) is 11.6 Å². The van der Waals surface area contributed by atoms with Crippen LogP contribution in [0.15, 0.2) is 41.4 Å². The Morgan fingerprint density at radius 1 is 1.07 bits per heavy atom. The molecule has 3 aromatic rings. The highest BCUT2D eigenvalue weighted by atomic mass is 35.5. The lowest BCUT2D eigenvalue weighted by Gasteiger charge is -2.42. The van der Waals surface area contributed by atoms with Gasteiger partial charge >= 0.3 is 0 Å². The molecule has 40 heavy (non-hydrogen) atoms. The molecule has 2 aliphatic heterocycles. The molecular weight excluding hydrogens is 589 g/mol. The number of benzene rings is 2. The lowest BCUT2D eigenvalue weighted by atomic mass is 9.97. The van der Waals surface area contributed by atoms with Crippen LogP contribution in [0.1, 0.15) is 35.7 Å². The fourth-order valence-electron chi connectivity index (χ4n) is 4.90. The molecule has 1 aromatic heterocycles. The summed E-state index contributed by atoms with van der Waals surface area (Å²) >= 11 is 12.9. The van der Waals surface area contributed by atoms with Crippen LogP contribution in [0.3, 0.4) is 0 Å². The Kier molecular flexibility index (Phi) is 8.95. The summed E-state index contributed by atoms with van der Waals surface area (Å²) in [6, 6.07) is 5.67. The van der Waals surface area contributed by atoms with Crippen LogP contribution in [0.4, 0.5) is 8.78 Å². The first-order valence-electron chi connectivity index (χ1n) is 12.6. The maximum Gasteiger partial charge on any atom is 0.254 e. The second kappa shape index (κ2) is 12.3. The molecule has 2 saturated heterocycles. The van der Waals surface area contributed by atoms with E-state index in [0.717, 1.165) is 47.8 Å². The lowest BCUT2D eigenvalue weighted by molar-refractivity contribution is -0.178. The number of aliphatic hydroxyl groups is 3. The largest absolute Gasteiger partial charge is 0.394 e. The van der Waals surface area contributed by atoms with Crippen LogP contribution in [-0.2, 0) is 4.74 Å². The van der Waals surface area contributed by atoms with E-state index in [1.807, 2.05) is 0 Å². The normalized spacial score (nSPS) is 25.3. The van der Waals surface area contributed by atoms with Gasteiger partial charge in [-0.3, -0.25) is 4.79 Å². The third-order valence-electron chi connectivity index (χ3n) is 7.00. The van der Waals surface area contributed by atoms with Crippen molar-refractivity contribution in [2.45, 2.75) is 53.9 Å². The number of ether oxygens (including phenoxy) is 1. The van der Waals surface area contributed by atoms with Gasteiger partial charge in [-0.2, -0.15) is 0 Å². The van der Waals surface area contributed by atoms with Gasteiger partial charge < -0.3 is 25.0 Å². The summed E-state index contributed by atoms with van der Waals surface area (Å²) in [4.78, 5) is 15.6. The molecule has 1 amide bonds. The number of piperidine rings is 1. The van der Waals surface area contributed by atoms with Crippen LogP contribution in [0.5, 0.6) is 0 Å². The number of carbonyl (C=O) groups is 1. The monoisotopic (exact) mass is 614 g/mol. The van der Waals surface area contributed by atoms with Crippen molar-refractivity contribution < 1.29 is 33.6 Å². The fraction of sp³-hybridized carbons (Fsp3) is 0.423. The second-order valence-corrected chi connectivity index (χ2v) is 11.6. The van der Waals surface area contributed by atoms with Gasteiger partial charge in [0.1, 0.15) is 52.1 Å². The number of amides is 1. The average molecular weight is 615 g/mol. The molecule has 2 aliphatic rings. The molecule has 0 saturated carbocycles. The molecule has 2 aromatic carbocycles. The van der Waals surface area contributed by atoms with E-state index in [1.54, 1.807) is 23.1 Å². The molecule has 3 N–H and O–H groups in total. The van der Waals surface area contributed by atoms with Crippen molar-refractivity contribution in [3.05, 3.63) is 63.8 Å². The summed E-state index contributed by atoms with van der Waals surface area (Å²) in [7, 11) is 0. The van der Waals surface area contributed by atoms with E-state index in [9.17, 15) is 28.9 Å². The van der Waals surface area contributed by atoms with E-state index in [1.165, 1.54) is 6.20 Å². The highest BCUT2D eigenvalue weighted by Crippen LogP contribution is 2.40. The molecule has 0 radical (unpaired) electrons. The van der Waals surface area contributed by atoms with Crippen LogP contribution in [-0.4, -0.2) is 84.6 Å². The van der Waals surface area contributed by atoms with E-state index in [2.05, 4.69) is 10.3 Å². The van der Waals surface area contributed by atoms with Gasteiger partial charge in [0.05, 0.1) is 18.4 Å². The summed E-state index contributed by atoms with van der Waals surface area (Å²) in [6.45, 7) is 0.710. The Morgan fingerprint density at radius 3 is 2.45 bits per heavy atom. The second-order valence-electron chi connectivity index (χ2n) is 9.65. The lowest BCUT2D eigenvalue weighted by Crippen LogP contribution is -2.55. The first-order valence-corrected chi connectivity index (χ1v) is 14.3. The minimum Gasteiger partial charge on any atom is -0.394 e. The van der Waals surface area contributed by atoms with Gasteiger partial charge in [0.25, 0.3) is 5.91 Å². The zero-order chi connectivity index (χ0) is 28.6. The Morgan fingerprint density at radius 2 is 1.77 bits per heavy atom. The summed E-state index contributed by atoms with van der Waals surface area (Å²) < 4.78 is 35.0. The zero-order valence-corrected chi connectivity index (χ0v) is 23.3. The number of thioether (sulfide) groups is 1. The number of carbonyl (C=O) groups excluding carboxylic acids is 1. The summed E-state index contributed by atoms with van der Waals surface area (Å²) in [6.07, 6.45) is 0.257. The first kappa shape index (κ1) is 29.2. The third-order valence-corrected chi connectivity index (χ3v) is 8.81. The van der Waals surface area contributed by atoms with Crippen LogP contribution < -0.4 is 0 Å². The highest BCUT2D eigenvalue weighted by molar-refractivity contribution is 8.00. The molecule has 0 bridgehead atoms. The summed E-state index contributed by atoms with van der Waals surface area (Å²) in [5.74, 6) is -2.13. The van der Waals surface area contributed by atoms with Crippen molar-refractivity contribution >= 4 is 40.9 Å². The maximum absolute atomic E-state index is 14.0. The van der Waals surface area contributed by atoms with Gasteiger partial charge in [-0.05, 0) is 49.6 Å². The van der Waals surface area contributed by atoms with Crippen molar-refractivity contribution in [3.63, 3.8) is 0 Å². The van der Waals surface area contributed by atoms with E-state index in [0.29, 0.717) is 28.6 Å².